The summed E-state index contributed by atoms with van der Waals surface area (Å²) in [5.41, 5.74) is 1.79. The molecule has 0 saturated heterocycles. The van der Waals surface area contributed by atoms with Gasteiger partial charge < -0.3 is 4.74 Å². The van der Waals surface area contributed by atoms with E-state index in [1.54, 1.807) is 12.1 Å². The fourth-order valence-electron chi connectivity index (χ4n) is 3.00. The molecule has 0 spiro atoms. The summed E-state index contributed by atoms with van der Waals surface area (Å²) in [7, 11) is -2.81. The van der Waals surface area contributed by atoms with E-state index < -0.39 is 22.0 Å². The van der Waals surface area contributed by atoms with Crippen molar-refractivity contribution in [2.75, 3.05) is 7.11 Å². The number of sulfonamides is 1. The predicted octanol–water partition coefficient (Wildman–Crippen LogP) is 1.85. The maximum atomic E-state index is 13.2. The van der Waals surface area contributed by atoms with Gasteiger partial charge in [0.15, 0.2) is 0 Å². The first kappa shape index (κ1) is 17.1. The van der Waals surface area contributed by atoms with Gasteiger partial charge in [-0.25, -0.2) is 8.42 Å². The van der Waals surface area contributed by atoms with E-state index in [2.05, 4.69) is 0 Å². The van der Waals surface area contributed by atoms with Crippen molar-refractivity contribution in [3.8, 4) is 6.07 Å². The molecule has 1 heterocycles. The van der Waals surface area contributed by atoms with Crippen LogP contribution in [0.5, 0.6) is 0 Å². The third kappa shape index (κ3) is 3.02. The van der Waals surface area contributed by atoms with Crippen molar-refractivity contribution in [3.63, 3.8) is 0 Å². The Bertz CT molecular complexity index is 963. The van der Waals surface area contributed by atoms with E-state index >= 15 is 0 Å². The summed E-state index contributed by atoms with van der Waals surface area (Å²) in [6, 6.07) is 14.3. The molecule has 128 valence electrons. The van der Waals surface area contributed by atoms with Crippen molar-refractivity contribution in [3.05, 3.63) is 65.2 Å². The van der Waals surface area contributed by atoms with Gasteiger partial charge in [-0.2, -0.15) is 9.57 Å². The Kier molecular flexibility index (Phi) is 4.57. The van der Waals surface area contributed by atoms with Gasteiger partial charge in [0.25, 0.3) is 0 Å². The fourth-order valence-corrected chi connectivity index (χ4v) is 4.70. The lowest BCUT2D eigenvalue weighted by Gasteiger charge is -2.34. The van der Waals surface area contributed by atoms with Gasteiger partial charge in [-0.15, -0.1) is 0 Å². The van der Waals surface area contributed by atoms with Gasteiger partial charge in [-0.1, -0.05) is 36.4 Å². The molecule has 2 aromatic carbocycles. The Labute approximate surface area is 146 Å². The second-order valence-corrected chi connectivity index (χ2v) is 7.53. The Morgan fingerprint density at radius 2 is 1.80 bits per heavy atom. The summed E-state index contributed by atoms with van der Waals surface area (Å²) in [6.45, 7) is 0.0536. The number of nitrogens with zero attached hydrogens (tertiary/aromatic N) is 2. The minimum absolute atomic E-state index is 0.0463. The number of fused-ring (bicyclic) bond motifs is 1. The summed E-state index contributed by atoms with van der Waals surface area (Å²) in [5, 5.41) is 9.23. The molecular formula is C18H16N2O4S. The van der Waals surface area contributed by atoms with Gasteiger partial charge in [0.1, 0.15) is 12.1 Å². The molecule has 0 N–H and O–H groups in total. The molecule has 6 nitrogen and oxygen atoms in total. The van der Waals surface area contributed by atoms with E-state index in [0.717, 1.165) is 15.4 Å². The van der Waals surface area contributed by atoms with Crippen LogP contribution in [-0.2, 0) is 32.5 Å². The third-order valence-electron chi connectivity index (χ3n) is 4.27. The molecule has 0 saturated carbocycles. The fraction of sp³-hybridized carbons (Fsp3) is 0.222. The molecule has 2 aromatic rings. The van der Waals surface area contributed by atoms with Gasteiger partial charge in [0.2, 0.25) is 10.0 Å². The number of hydrogen-bond acceptors (Lipinski definition) is 5. The van der Waals surface area contributed by atoms with Crippen LogP contribution < -0.4 is 0 Å². The number of benzene rings is 2. The average Bonchev–Trinajstić information content (AvgIpc) is 2.66. The first-order valence-corrected chi connectivity index (χ1v) is 9.08. The van der Waals surface area contributed by atoms with Gasteiger partial charge >= 0.3 is 5.97 Å². The number of carbonyl (C=O) groups is 1. The summed E-state index contributed by atoms with van der Waals surface area (Å²) >= 11 is 0. The Morgan fingerprint density at radius 3 is 2.48 bits per heavy atom. The smallest absolute Gasteiger partial charge is 0.324 e. The molecule has 0 amide bonds. The van der Waals surface area contributed by atoms with E-state index in [4.69, 9.17) is 4.74 Å². The lowest BCUT2D eigenvalue weighted by atomic mass is 9.96. The Balaban J connectivity index is 2.12. The molecule has 0 radical (unpaired) electrons. The molecule has 0 bridgehead atoms. The molecule has 1 atom stereocenters. The van der Waals surface area contributed by atoms with Crippen LogP contribution in [0.2, 0.25) is 0 Å². The molecule has 1 aliphatic heterocycles. The number of hydrogen-bond donors (Lipinski definition) is 0. The highest BCUT2D eigenvalue weighted by Gasteiger charge is 2.40. The molecule has 0 fully saturated rings. The second kappa shape index (κ2) is 6.67. The van der Waals surface area contributed by atoms with Crippen molar-refractivity contribution < 1.29 is 17.9 Å². The molecule has 3 rings (SSSR count). The maximum Gasteiger partial charge on any atom is 0.324 e. The zero-order valence-corrected chi connectivity index (χ0v) is 14.4. The molecule has 0 aliphatic carbocycles. The van der Waals surface area contributed by atoms with E-state index in [9.17, 15) is 18.5 Å². The van der Waals surface area contributed by atoms with Gasteiger partial charge in [0.05, 0.1) is 17.6 Å². The summed E-state index contributed by atoms with van der Waals surface area (Å²) < 4.78 is 32.3. The van der Waals surface area contributed by atoms with Crippen LogP contribution in [0.3, 0.4) is 0 Å². The number of rotatable bonds is 3. The van der Waals surface area contributed by atoms with Crippen LogP contribution in [0.15, 0.2) is 53.4 Å². The van der Waals surface area contributed by atoms with Crippen LogP contribution in [0.25, 0.3) is 0 Å². The van der Waals surface area contributed by atoms with E-state index in [0.29, 0.717) is 0 Å². The standard InChI is InChI=1S/C18H16N2O4S/c1-24-18(21)16-10-13-6-2-3-8-15(13)12-20(16)25(22,23)17-9-5-4-7-14(17)11-19/h2-9,16H,10,12H2,1H3/t16-/m1/s1. The maximum absolute atomic E-state index is 13.2. The van der Waals surface area contributed by atoms with E-state index in [1.807, 2.05) is 30.3 Å². The highest BCUT2D eigenvalue weighted by Crippen LogP contribution is 2.30. The van der Waals surface area contributed by atoms with E-state index in [1.165, 1.54) is 19.2 Å². The van der Waals surface area contributed by atoms with Crippen LogP contribution >= 0.6 is 0 Å². The zero-order valence-electron chi connectivity index (χ0n) is 13.5. The molecule has 0 aromatic heterocycles. The number of esters is 1. The largest absolute Gasteiger partial charge is 0.468 e. The van der Waals surface area contributed by atoms with E-state index in [-0.39, 0.29) is 23.4 Å². The monoisotopic (exact) mass is 356 g/mol. The first-order chi connectivity index (χ1) is 12.0. The van der Waals surface area contributed by atoms with Crippen molar-refractivity contribution >= 4 is 16.0 Å². The number of methoxy groups -OCH3 is 1. The molecule has 25 heavy (non-hydrogen) atoms. The summed E-state index contributed by atoms with van der Waals surface area (Å²) in [6.07, 6.45) is 0.233. The lowest BCUT2D eigenvalue weighted by Crippen LogP contribution is -2.49. The van der Waals surface area contributed by atoms with Crippen molar-refractivity contribution in [1.29, 1.82) is 5.26 Å². The van der Waals surface area contributed by atoms with Crippen molar-refractivity contribution in [1.82, 2.24) is 4.31 Å². The first-order valence-electron chi connectivity index (χ1n) is 7.64. The predicted molar refractivity (Wildman–Crippen MR) is 89.8 cm³/mol. The SMILES string of the molecule is COC(=O)[C@H]1Cc2ccccc2CN1S(=O)(=O)c1ccccc1C#N. The molecule has 1 aliphatic rings. The Morgan fingerprint density at radius 1 is 1.16 bits per heavy atom. The van der Waals surface area contributed by atoms with Gasteiger partial charge in [0, 0.05) is 13.0 Å². The highest BCUT2D eigenvalue weighted by molar-refractivity contribution is 7.89. The number of ether oxygens (including phenoxy) is 1. The normalized spacial score (nSPS) is 17.4. The number of nitriles is 1. The quantitative estimate of drug-likeness (QED) is 0.783. The second-order valence-electron chi connectivity index (χ2n) is 5.67. The van der Waals surface area contributed by atoms with Crippen molar-refractivity contribution in [2.24, 2.45) is 0 Å². The third-order valence-corrected chi connectivity index (χ3v) is 6.19. The van der Waals surface area contributed by atoms with Crippen molar-refractivity contribution in [2.45, 2.75) is 23.9 Å². The topological polar surface area (TPSA) is 87.5 Å². The van der Waals surface area contributed by atoms with Crippen LogP contribution in [0.4, 0.5) is 0 Å². The Hall–Kier alpha value is -2.69. The van der Waals surface area contributed by atoms with Gasteiger partial charge in [-0.05, 0) is 23.3 Å². The summed E-state index contributed by atoms with van der Waals surface area (Å²) in [5.74, 6) is -0.618. The minimum atomic E-state index is -4.04. The highest BCUT2D eigenvalue weighted by atomic mass is 32.2. The van der Waals surface area contributed by atoms with Crippen LogP contribution in [0, 0.1) is 11.3 Å². The molecule has 7 heteroatoms. The lowest BCUT2D eigenvalue weighted by molar-refractivity contribution is -0.145. The summed E-state index contributed by atoms with van der Waals surface area (Å²) in [4.78, 5) is 12.1. The van der Waals surface area contributed by atoms with Gasteiger partial charge in [-0.3, -0.25) is 4.79 Å². The number of carbonyl (C=O) groups excluding carboxylic acids is 1. The van der Waals surface area contributed by atoms with Crippen LogP contribution in [-0.4, -0.2) is 31.8 Å². The van der Waals surface area contributed by atoms with Crippen LogP contribution in [0.1, 0.15) is 16.7 Å². The zero-order chi connectivity index (χ0) is 18.0. The molecule has 0 unspecified atom stereocenters. The molecular weight excluding hydrogens is 340 g/mol. The average molecular weight is 356 g/mol. The minimum Gasteiger partial charge on any atom is -0.468 e.